The second-order valence-corrected chi connectivity index (χ2v) is 5.49. The second kappa shape index (κ2) is 6.80. The molecule has 1 aromatic carbocycles. The van der Waals surface area contributed by atoms with E-state index >= 15 is 0 Å². The van der Waals surface area contributed by atoms with Crippen molar-refractivity contribution in [2.45, 2.75) is 32.8 Å². The van der Waals surface area contributed by atoms with E-state index in [-0.39, 0.29) is 0 Å². The zero-order chi connectivity index (χ0) is 15.4. The molecule has 0 bridgehead atoms. The van der Waals surface area contributed by atoms with Crippen molar-refractivity contribution in [1.82, 2.24) is 0 Å². The number of esters is 1. The molecule has 1 fully saturated rings. The number of aryl methyl sites for hydroxylation is 1. The highest BCUT2D eigenvalue weighted by atomic mass is 16.5. The van der Waals surface area contributed by atoms with Crippen LogP contribution >= 0.6 is 0 Å². The van der Waals surface area contributed by atoms with Crippen molar-refractivity contribution in [2.24, 2.45) is 5.92 Å². The molecule has 3 N–H and O–H groups in total. The number of anilines is 2. The number of carbonyl (C=O) groups excluding carboxylic acids is 1. The standard InChI is InChI=1S/C16H24N2O3/c1-4-14-11(5-6-21-14)9-18-12-7-10(2)15(17)13(8-12)16(19)20-3/h7-8,11,14,18H,4-6,9,17H2,1-3H3. The molecule has 0 aromatic heterocycles. The van der Waals surface area contributed by atoms with Crippen molar-refractivity contribution >= 4 is 17.3 Å². The fourth-order valence-corrected chi connectivity index (χ4v) is 2.81. The average Bonchev–Trinajstić information content (AvgIpc) is 2.95. The quantitative estimate of drug-likeness (QED) is 0.644. The summed E-state index contributed by atoms with van der Waals surface area (Å²) in [4.78, 5) is 11.7. The Bertz CT molecular complexity index is 516. The third-order valence-electron chi connectivity index (χ3n) is 4.11. The van der Waals surface area contributed by atoms with E-state index in [4.69, 9.17) is 15.2 Å². The van der Waals surface area contributed by atoms with Crippen LogP contribution in [-0.4, -0.2) is 32.3 Å². The number of hydrogen-bond acceptors (Lipinski definition) is 5. The van der Waals surface area contributed by atoms with Crippen molar-refractivity contribution in [1.29, 1.82) is 0 Å². The SMILES string of the molecule is CCC1OCCC1CNc1cc(C)c(N)c(C(=O)OC)c1. The molecule has 0 amide bonds. The van der Waals surface area contributed by atoms with Gasteiger partial charge in [0.1, 0.15) is 0 Å². The van der Waals surface area contributed by atoms with Crippen LogP contribution in [0.15, 0.2) is 12.1 Å². The molecule has 5 heteroatoms. The maximum Gasteiger partial charge on any atom is 0.340 e. The number of ether oxygens (including phenoxy) is 2. The predicted molar refractivity (Wildman–Crippen MR) is 83.6 cm³/mol. The molecule has 5 nitrogen and oxygen atoms in total. The van der Waals surface area contributed by atoms with Crippen LogP contribution in [-0.2, 0) is 9.47 Å². The molecule has 2 atom stereocenters. The first-order chi connectivity index (χ1) is 10.1. The normalized spacial score (nSPS) is 21.3. The van der Waals surface area contributed by atoms with E-state index in [1.807, 2.05) is 13.0 Å². The first-order valence-electron chi connectivity index (χ1n) is 7.40. The zero-order valence-corrected chi connectivity index (χ0v) is 12.9. The van der Waals surface area contributed by atoms with E-state index in [0.29, 0.717) is 23.3 Å². The Hall–Kier alpha value is -1.75. The molecule has 0 aliphatic carbocycles. The molecule has 0 saturated carbocycles. The maximum atomic E-state index is 11.7. The highest BCUT2D eigenvalue weighted by Crippen LogP contribution is 2.26. The highest BCUT2D eigenvalue weighted by molar-refractivity contribution is 5.97. The van der Waals surface area contributed by atoms with Crippen molar-refractivity contribution in [2.75, 3.05) is 31.3 Å². The monoisotopic (exact) mass is 292 g/mol. The van der Waals surface area contributed by atoms with E-state index in [1.165, 1.54) is 7.11 Å². The van der Waals surface area contributed by atoms with E-state index < -0.39 is 5.97 Å². The molecule has 0 spiro atoms. The zero-order valence-electron chi connectivity index (χ0n) is 12.9. The number of rotatable bonds is 5. The molecule has 2 unspecified atom stereocenters. The molecule has 1 heterocycles. The van der Waals surface area contributed by atoms with E-state index in [9.17, 15) is 4.79 Å². The summed E-state index contributed by atoms with van der Waals surface area (Å²) >= 11 is 0. The summed E-state index contributed by atoms with van der Waals surface area (Å²) < 4.78 is 10.5. The van der Waals surface area contributed by atoms with Gasteiger partial charge in [0.25, 0.3) is 0 Å². The van der Waals surface area contributed by atoms with Crippen LogP contribution in [0.2, 0.25) is 0 Å². The Morgan fingerprint density at radius 2 is 2.29 bits per heavy atom. The number of nitrogen functional groups attached to an aromatic ring is 1. The second-order valence-electron chi connectivity index (χ2n) is 5.49. The van der Waals surface area contributed by atoms with Crippen molar-refractivity contribution in [3.05, 3.63) is 23.3 Å². The lowest BCUT2D eigenvalue weighted by Gasteiger charge is -2.19. The molecule has 1 aromatic rings. The summed E-state index contributed by atoms with van der Waals surface area (Å²) in [6.45, 7) is 5.70. The van der Waals surface area contributed by atoms with Crippen molar-refractivity contribution < 1.29 is 14.3 Å². The summed E-state index contributed by atoms with van der Waals surface area (Å²) in [6.07, 6.45) is 2.43. The summed E-state index contributed by atoms with van der Waals surface area (Å²) in [6, 6.07) is 3.71. The molecule has 21 heavy (non-hydrogen) atoms. The number of nitrogens with two attached hydrogens (primary N) is 1. The molecular weight excluding hydrogens is 268 g/mol. The molecule has 1 aliphatic rings. The van der Waals surface area contributed by atoms with Gasteiger partial charge in [-0.3, -0.25) is 0 Å². The van der Waals surface area contributed by atoms with Gasteiger partial charge in [0.2, 0.25) is 0 Å². The molecule has 2 rings (SSSR count). The van der Waals surface area contributed by atoms with Gasteiger partial charge < -0.3 is 20.5 Å². The van der Waals surface area contributed by atoms with E-state index in [2.05, 4.69) is 12.2 Å². The smallest absolute Gasteiger partial charge is 0.340 e. The lowest BCUT2D eigenvalue weighted by Crippen LogP contribution is -2.23. The molecule has 1 saturated heterocycles. The number of carbonyl (C=O) groups is 1. The molecule has 116 valence electrons. The van der Waals surface area contributed by atoms with E-state index in [1.54, 1.807) is 6.07 Å². The summed E-state index contributed by atoms with van der Waals surface area (Å²) in [7, 11) is 1.36. The fraction of sp³-hybridized carbons (Fsp3) is 0.562. The lowest BCUT2D eigenvalue weighted by atomic mass is 9.99. The Morgan fingerprint density at radius 1 is 1.52 bits per heavy atom. The largest absolute Gasteiger partial charge is 0.465 e. The van der Waals surface area contributed by atoms with Crippen LogP contribution in [0.1, 0.15) is 35.7 Å². The van der Waals surface area contributed by atoms with E-state index in [0.717, 1.165) is 37.2 Å². The molecule has 1 aliphatic heterocycles. The third-order valence-corrected chi connectivity index (χ3v) is 4.11. The Kier molecular flexibility index (Phi) is 5.07. The Balaban J connectivity index is 2.10. The van der Waals surface area contributed by atoms with Gasteiger partial charge in [-0.15, -0.1) is 0 Å². The topological polar surface area (TPSA) is 73.6 Å². The fourth-order valence-electron chi connectivity index (χ4n) is 2.81. The number of nitrogens with one attached hydrogen (secondary N) is 1. The number of benzene rings is 1. The van der Waals surface area contributed by atoms with Crippen LogP contribution < -0.4 is 11.1 Å². The summed E-state index contributed by atoms with van der Waals surface area (Å²) in [5.74, 6) is 0.101. The predicted octanol–water partition coefficient (Wildman–Crippen LogP) is 2.59. The van der Waals surface area contributed by atoms with Crippen molar-refractivity contribution in [3.8, 4) is 0 Å². The number of methoxy groups -OCH3 is 1. The molecule has 0 radical (unpaired) electrons. The van der Waals surface area contributed by atoms with Gasteiger partial charge >= 0.3 is 5.97 Å². The molecular formula is C16H24N2O3. The minimum atomic E-state index is -0.408. The van der Waals surface area contributed by atoms with Gasteiger partial charge in [0, 0.05) is 30.4 Å². The van der Waals surface area contributed by atoms with Gasteiger partial charge in [0.15, 0.2) is 0 Å². The van der Waals surface area contributed by atoms with Crippen molar-refractivity contribution in [3.63, 3.8) is 0 Å². The lowest BCUT2D eigenvalue weighted by molar-refractivity contribution is 0.0602. The van der Waals surface area contributed by atoms with Gasteiger partial charge in [-0.1, -0.05) is 6.92 Å². The minimum Gasteiger partial charge on any atom is -0.465 e. The van der Waals surface area contributed by atoms with Crippen LogP contribution in [0, 0.1) is 12.8 Å². The van der Waals surface area contributed by atoms with Gasteiger partial charge in [-0.2, -0.15) is 0 Å². The van der Waals surface area contributed by atoms with Crippen LogP contribution in [0.4, 0.5) is 11.4 Å². The first kappa shape index (κ1) is 15.6. The van der Waals surface area contributed by atoms with Crippen LogP contribution in [0.3, 0.4) is 0 Å². The summed E-state index contributed by atoms with van der Waals surface area (Å²) in [5.41, 5.74) is 8.59. The maximum absolute atomic E-state index is 11.7. The Morgan fingerprint density at radius 3 is 2.95 bits per heavy atom. The number of hydrogen-bond donors (Lipinski definition) is 2. The highest BCUT2D eigenvalue weighted by Gasteiger charge is 2.26. The van der Waals surface area contributed by atoms with Crippen LogP contribution in [0.25, 0.3) is 0 Å². The van der Waals surface area contributed by atoms with Gasteiger partial charge in [-0.05, 0) is 37.5 Å². The van der Waals surface area contributed by atoms with Crippen LogP contribution in [0.5, 0.6) is 0 Å². The Labute approximate surface area is 125 Å². The minimum absolute atomic E-state index is 0.326. The van der Waals surface area contributed by atoms with Gasteiger partial charge in [0.05, 0.1) is 18.8 Å². The summed E-state index contributed by atoms with van der Waals surface area (Å²) in [5, 5.41) is 3.39. The average molecular weight is 292 g/mol. The van der Waals surface area contributed by atoms with Gasteiger partial charge in [-0.25, -0.2) is 4.79 Å². The first-order valence-corrected chi connectivity index (χ1v) is 7.40. The third kappa shape index (κ3) is 3.47.